The van der Waals surface area contributed by atoms with E-state index in [9.17, 15) is 10.2 Å². The third-order valence-corrected chi connectivity index (χ3v) is 6.97. The number of methoxy groups -OCH3 is 7. The lowest BCUT2D eigenvalue weighted by Crippen LogP contribution is -2.64. The Morgan fingerprint density at radius 1 is 0.765 bits per heavy atom. The Morgan fingerprint density at radius 2 is 1.41 bits per heavy atom. The minimum absolute atomic E-state index is 0.173. The molecule has 1 saturated carbocycles. The van der Waals surface area contributed by atoms with Crippen LogP contribution in [0.4, 0.5) is 0 Å². The summed E-state index contributed by atoms with van der Waals surface area (Å²) in [5.74, 6) is -1.07. The van der Waals surface area contributed by atoms with Gasteiger partial charge in [0.2, 0.25) is 6.29 Å². The van der Waals surface area contributed by atoms with Gasteiger partial charge in [-0.2, -0.15) is 0 Å². The fourth-order valence-electron chi connectivity index (χ4n) is 5.59. The lowest BCUT2D eigenvalue weighted by Gasteiger charge is -2.47. The van der Waals surface area contributed by atoms with E-state index in [0.717, 1.165) is 0 Å². The van der Waals surface area contributed by atoms with Crippen LogP contribution in [0.2, 0.25) is 0 Å². The molecule has 34 heavy (non-hydrogen) atoms. The number of hydrogen-bond donors (Lipinski definition) is 2. The van der Waals surface area contributed by atoms with Gasteiger partial charge in [0.25, 0.3) is 0 Å². The molecule has 11 atom stereocenters. The molecule has 198 valence electrons. The SMILES string of the molecule is COC[C@H]1O[C@@H](O[C@@H]2OC=C[C@@]3(O)[C@H](OC)[C@@H](OC)[C@@](O)(COC)[C@@H]23)[C@H](OC)[C@@H](OC)[C@@H]1OC. The number of ether oxygens (including phenoxy) is 10. The van der Waals surface area contributed by atoms with Crippen molar-refractivity contribution in [2.24, 2.45) is 5.92 Å². The first-order valence-electron chi connectivity index (χ1n) is 11.0. The molecule has 2 aliphatic heterocycles. The van der Waals surface area contributed by atoms with Crippen molar-refractivity contribution >= 4 is 0 Å². The zero-order valence-electron chi connectivity index (χ0n) is 20.7. The van der Waals surface area contributed by atoms with Gasteiger partial charge in [0, 0.05) is 49.8 Å². The van der Waals surface area contributed by atoms with Crippen molar-refractivity contribution in [3.63, 3.8) is 0 Å². The van der Waals surface area contributed by atoms with E-state index in [1.165, 1.54) is 47.9 Å². The molecule has 12 nitrogen and oxygen atoms in total. The van der Waals surface area contributed by atoms with Gasteiger partial charge < -0.3 is 57.6 Å². The summed E-state index contributed by atoms with van der Waals surface area (Å²) in [7, 11) is 10.4. The highest BCUT2D eigenvalue weighted by atomic mass is 16.8. The topological polar surface area (TPSA) is 133 Å². The molecule has 0 unspecified atom stereocenters. The highest BCUT2D eigenvalue weighted by Gasteiger charge is 2.72. The fraction of sp³-hybridized carbons (Fsp3) is 0.909. The van der Waals surface area contributed by atoms with E-state index in [4.69, 9.17) is 47.4 Å². The molecule has 0 aromatic rings. The average molecular weight is 495 g/mol. The Balaban J connectivity index is 1.96. The molecule has 1 aliphatic carbocycles. The predicted octanol–water partition coefficient (Wildman–Crippen LogP) is -0.942. The molecular weight excluding hydrogens is 456 g/mol. The number of hydrogen-bond acceptors (Lipinski definition) is 12. The van der Waals surface area contributed by atoms with Gasteiger partial charge in [-0.15, -0.1) is 0 Å². The van der Waals surface area contributed by atoms with Crippen molar-refractivity contribution in [3.8, 4) is 0 Å². The molecule has 2 heterocycles. The molecule has 0 spiro atoms. The van der Waals surface area contributed by atoms with Crippen molar-refractivity contribution in [3.05, 3.63) is 12.3 Å². The Morgan fingerprint density at radius 3 is 1.94 bits per heavy atom. The van der Waals surface area contributed by atoms with Crippen LogP contribution in [0.1, 0.15) is 0 Å². The minimum atomic E-state index is -1.73. The highest BCUT2D eigenvalue weighted by molar-refractivity contribution is 5.26. The first-order chi connectivity index (χ1) is 16.3. The van der Waals surface area contributed by atoms with Gasteiger partial charge in [0.05, 0.1) is 25.4 Å². The smallest absolute Gasteiger partial charge is 0.210 e. The second-order valence-corrected chi connectivity index (χ2v) is 8.64. The normalized spacial score (nSPS) is 46.3. The van der Waals surface area contributed by atoms with Crippen LogP contribution in [0.5, 0.6) is 0 Å². The van der Waals surface area contributed by atoms with Gasteiger partial charge in [0.1, 0.15) is 47.8 Å². The van der Waals surface area contributed by atoms with Crippen LogP contribution >= 0.6 is 0 Å². The third kappa shape index (κ3) is 4.50. The van der Waals surface area contributed by atoms with E-state index in [0.29, 0.717) is 0 Å². The maximum Gasteiger partial charge on any atom is 0.210 e. The van der Waals surface area contributed by atoms with Crippen LogP contribution in [-0.4, -0.2) is 134 Å². The molecule has 0 bridgehead atoms. The van der Waals surface area contributed by atoms with Crippen molar-refractivity contribution < 1.29 is 57.6 Å². The minimum Gasteiger partial charge on any atom is -0.472 e. The van der Waals surface area contributed by atoms with Crippen LogP contribution in [-0.2, 0) is 47.4 Å². The summed E-state index contributed by atoms with van der Waals surface area (Å²) >= 11 is 0. The van der Waals surface area contributed by atoms with Crippen LogP contribution in [0.15, 0.2) is 12.3 Å². The maximum absolute atomic E-state index is 11.7. The van der Waals surface area contributed by atoms with E-state index < -0.39 is 66.3 Å². The number of aliphatic hydroxyl groups is 2. The summed E-state index contributed by atoms with van der Waals surface area (Å²) in [6.45, 7) is 0.0337. The second kappa shape index (κ2) is 11.4. The van der Waals surface area contributed by atoms with Gasteiger partial charge in [-0.1, -0.05) is 0 Å². The highest BCUT2D eigenvalue weighted by Crippen LogP contribution is 2.52. The van der Waals surface area contributed by atoms with E-state index in [1.807, 2.05) is 0 Å². The van der Waals surface area contributed by atoms with Gasteiger partial charge >= 0.3 is 0 Å². The van der Waals surface area contributed by atoms with Gasteiger partial charge in [-0.05, 0) is 6.08 Å². The molecule has 0 amide bonds. The predicted molar refractivity (Wildman–Crippen MR) is 115 cm³/mol. The largest absolute Gasteiger partial charge is 0.472 e. The van der Waals surface area contributed by atoms with E-state index in [1.54, 1.807) is 14.2 Å². The first-order valence-corrected chi connectivity index (χ1v) is 11.0. The Bertz CT molecular complexity index is 678. The standard InChI is InChI=1S/C22H38O12/c1-25-10-12-13(27-3)14(28-4)15(29-5)19(33-12)34-20-16-21(23,8-9-32-20)17(30-6)18(31-7)22(16,24)11-26-2/h8-9,12-20,23-24H,10-11H2,1-7H3/t12-,13-,14+,15-,16+,17-,18-,19+,20+,21+,22-/m1/s1. The van der Waals surface area contributed by atoms with Gasteiger partial charge in [-0.3, -0.25) is 0 Å². The lowest BCUT2D eigenvalue weighted by atomic mass is 9.80. The fourth-order valence-corrected chi connectivity index (χ4v) is 5.59. The Labute approximate surface area is 199 Å². The molecular formula is C22H38O12. The van der Waals surface area contributed by atoms with Gasteiger partial charge in [-0.25, -0.2) is 0 Å². The van der Waals surface area contributed by atoms with E-state index in [-0.39, 0.29) is 13.2 Å². The summed E-state index contributed by atoms with van der Waals surface area (Å²) in [6, 6.07) is 0. The molecule has 2 fully saturated rings. The molecule has 3 rings (SSSR count). The van der Waals surface area contributed by atoms with Crippen LogP contribution < -0.4 is 0 Å². The molecule has 12 heteroatoms. The number of rotatable bonds is 11. The van der Waals surface area contributed by atoms with Crippen LogP contribution in [0, 0.1) is 5.92 Å². The summed E-state index contributed by atoms with van der Waals surface area (Å²) < 4.78 is 56.8. The summed E-state index contributed by atoms with van der Waals surface area (Å²) in [5.41, 5.74) is -3.42. The van der Waals surface area contributed by atoms with Crippen LogP contribution in [0.25, 0.3) is 0 Å². The third-order valence-electron chi connectivity index (χ3n) is 6.97. The first kappa shape index (κ1) is 27.7. The Hall–Kier alpha value is -0.900. The zero-order chi connectivity index (χ0) is 25.1. The van der Waals surface area contributed by atoms with Crippen LogP contribution in [0.3, 0.4) is 0 Å². The summed E-state index contributed by atoms with van der Waals surface area (Å²) in [4.78, 5) is 0. The van der Waals surface area contributed by atoms with Crippen molar-refractivity contribution in [2.75, 3.05) is 63.0 Å². The summed E-state index contributed by atoms with van der Waals surface area (Å²) in [6.07, 6.45) is -3.67. The van der Waals surface area contributed by atoms with Crippen molar-refractivity contribution in [1.82, 2.24) is 0 Å². The van der Waals surface area contributed by atoms with Crippen molar-refractivity contribution in [1.29, 1.82) is 0 Å². The molecule has 0 aromatic carbocycles. The monoisotopic (exact) mass is 494 g/mol. The molecule has 0 radical (unpaired) electrons. The molecule has 1 saturated heterocycles. The van der Waals surface area contributed by atoms with Crippen molar-refractivity contribution in [2.45, 2.75) is 60.4 Å². The summed E-state index contributed by atoms with van der Waals surface area (Å²) in [5, 5.41) is 23.4. The zero-order valence-corrected chi connectivity index (χ0v) is 20.7. The molecule has 2 N–H and O–H groups in total. The molecule has 0 aromatic heterocycles. The second-order valence-electron chi connectivity index (χ2n) is 8.64. The quantitative estimate of drug-likeness (QED) is 0.367. The maximum atomic E-state index is 11.7. The van der Waals surface area contributed by atoms with E-state index in [2.05, 4.69) is 0 Å². The van der Waals surface area contributed by atoms with E-state index >= 15 is 0 Å². The number of fused-ring (bicyclic) bond motifs is 1. The Kier molecular flexibility index (Phi) is 9.31. The van der Waals surface area contributed by atoms with Gasteiger partial charge in [0.15, 0.2) is 6.29 Å². The average Bonchev–Trinajstić information content (AvgIpc) is 3.01. The molecule has 3 aliphatic rings. The lowest BCUT2D eigenvalue weighted by molar-refractivity contribution is -0.360.